The molecule has 0 amide bonds. The molecule has 0 bridgehead atoms. The average molecular weight is 370 g/mol. The molecular formula is C18H19BrClF. The number of hydrogen-bond acceptors (Lipinski definition) is 0. The molecule has 0 saturated carbocycles. The molecule has 112 valence electrons. The van der Waals surface area contributed by atoms with Gasteiger partial charge < -0.3 is 0 Å². The van der Waals surface area contributed by atoms with Gasteiger partial charge in [0.2, 0.25) is 0 Å². The Balaban J connectivity index is 2.35. The minimum atomic E-state index is -0.290. The fourth-order valence-corrected chi connectivity index (χ4v) is 3.40. The summed E-state index contributed by atoms with van der Waals surface area (Å²) in [6.07, 6.45) is 1.07. The van der Waals surface area contributed by atoms with Crippen LogP contribution in [0.2, 0.25) is 5.02 Å². The quantitative estimate of drug-likeness (QED) is 0.529. The maximum absolute atomic E-state index is 14.0. The zero-order valence-electron chi connectivity index (χ0n) is 12.5. The standard InChI is InChI=1S/C18H19BrClF/c1-4-18(2,3)13-10-8-12(9-11-13)17(19)16-14(20)6-5-7-15(16)21/h5-11,17H,4H2,1-3H3. The van der Waals surface area contributed by atoms with E-state index in [1.54, 1.807) is 12.1 Å². The van der Waals surface area contributed by atoms with E-state index >= 15 is 0 Å². The topological polar surface area (TPSA) is 0 Å². The van der Waals surface area contributed by atoms with Crippen molar-refractivity contribution in [3.8, 4) is 0 Å². The fourth-order valence-electron chi connectivity index (χ4n) is 2.23. The maximum atomic E-state index is 14.0. The monoisotopic (exact) mass is 368 g/mol. The maximum Gasteiger partial charge on any atom is 0.129 e. The van der Waals surface area contributed by atoms with Crippen LogP contribution in [0.3, 0.4) is 0 Å². The lowest BCUT2D eigenvalue weighted by Crippen LogP contribution is -2.15. The van der Waals surface area contributed by atoms with Gasteiger partial charge in [-0.15, -0.1) is 0 Å². The number of halogens is 3. The van der Waals surface area contributed by atoms with Gasteiger partial charge in [-0.2, -0.15) is 0 Å². The molecule has 0 aromatic heterocycles. The number of rotatable bonds is 4. The van der Waals surface area contributed by atoms with Gasteiger partial charge in [0.05, 0.1) is 4.83 Å². The van der Waals surface area contributed by atoms with Crippen LogP contribution in [0.5, 0.6) is 0 Å². The fraction of sp³-hybridized carbons (Fsp3) is 0.333. The largest absolute Gasteiger partial charge is 0.207 e. The van der Waals surface area contributed by atoms with Crippen LogP contribution in [0.1, 0.15) is 48.7 Å². The third-order valence-corrected chi connectivity index (χ3v) is 5.44. The Morgan fingerprint density at radius 2 is 1.76 bits per heavy atom. The summed E-state index contributed by atoms with van der Waals surface area (Å²) in [4.78, 5) is -0.245. The van der Waals surface area contributed by atoms with E-state index in [-0.39, 0.29) is 16.1 Å². The van der Waals surface area contributed by atoms with Crippen molar-refractivity contribution in [2.45, 2.75) is 37.4 Å². The first kappa shape index (κ1) is 16.5. The predicted octanol–water partition coefficient (Wildman–Crippen LogP) is 6.65. The van der Waals surface area contributed by atoms with Gasteiger partial charge in [-0.25, -0.2) is 4.39 Å². The Labute approximate surface area is 139 Å². The Morgan fingerprint density at radius 1 is 1.14 bits per heavy atom. The van der Waals surface area contributed by atoms with E-state index in [0.29, 0.717) is 10.6 Å². The summed E-state index contributed by atoms with van der Waals surface area (Å²) in [5.41, 5.74) is 2.92. The van der Waals surface area contributed by atoms with E-state index in [1.165, 1.54) is 11.6 Å². The average Bonchev–Trinajstić information content (AvgIpc) is 2.47. The van der Waals surface area contributed by atoms with Crippen molar-refractivity contribution in [3.05, 3.63) is 70.0 Å². The molecule has 1 atom stereocenters. The van der Waals surface area contributed by atoms with Crippen LogP contribution < -0.4 is 0 Å². The number of benzene rings is 2. The van der Waals surface area contributed by atoms with Gasteiger partial charge in [-0.1, -0.05) is 78.6 Å². The van der Waals surface area contributed by atoms with Crippen molar-refractivity contribution < 1.29 is 4.39 Å². The van der Waals surface area contributed by atoms with Crippen LogP contribution in [0, 0.1) is 5.82 Å². The normalized spacial score (nSPS) is 13.2. The second-order valence-electron chi connectivity index (χ2n) is 5.86. The highest BCUT2D eigenvalue weighted by Crippen LogP contribution is 2.37. The summed E-state index contributed by atoms with van der Waals surface area (Å²) >= 11 is 9.69. The van der Waals surface area contributed by atoms with Crippen molar-refractivity contribution in [2.24, 2.45) is 0 Å². The lowest BCUT2D eigenvalue weighted by Gasteiger charge is -2.24. The molecule has 21 heavy (non-hydrogen) atoms. The summed E-state index contributed by atoms with van der Waals surface area (Å²) in [5, 5.41) is 0.440. The van der Waals surface area contributed by atoms with Gasteiger partial charge in [0, 0.05) is 10.6 Å². The number of hydrogen-bond donors (Lipinski definition) is 0. The minimum absolute atomic E-state index is 0.149. The van der Waals surface area contributed by atoms with Gasteiger partial charge in [-0.3, -0.25) is 0 Å². The van der Waals surface area contributed by atoms with Crippen molar-refractivity contribution in [3.63, 3.8) is 0 Å². The lowest BCUT2D eigenvalue weighted by atomic mass is 9.82. The Hall–Kier alpha value is -0.860. The Morgan fingerprint density at radius 3 is 2.29 bits per heavy atom. The second-order valence-corrected chi connectivity index (χ2v) is 7.18. The zero-order valence-corrected chi connectivity index (χ0v) is 14.8. The molecule has 0 fully saturated rings. The zero-order chi connectivity index (χ0) is 15.6. The first-order chi connectivity index (χ1) is 9.86. The summed E-state index contributed by atoms with van der Waals surface area (Å²) in [7, 11) is 0. The van der Waals surface area contributed by atoms with E-state index in [0.717, 1.165) is 12.0 Å². The van der Waals surface area contributed by atoms with Gasteiger partial charge in [0.15, 0.2) is 0 Å². The number of alkyl halides is 1. The molecule has 0 nitrogen and oxygen atoms in total. The van der Waals surface area contributed by atoms with E-state index in [9.17, 15) is 4.39 Å². The molecule has 0 radical (unpaired) electrons. The highest BCUT2D eigenvalue weighted by atomic mass is 79.9. The van der Waals surface area contributed by atoms with Gasteiger partial charge in [-0.05, 0) is 35.1 Å². The highest BCUT2D eigenvalue weighted by molar-refractivity contribution is 9.09. The minimum Gasteiger partial charge on any atom is -0.207 e. The molecule has 0 saturated heterocycles. The van der Waals surface area contributed by atoms with Crippen molar-refractivity contribution in [1.82, 2.24) is 0 Å². The van der Waals surface area contributed by atoms with Crippen LogP contribution in [0.15, 0.2) is 42.5 Å². The van der Waals surface area contributed by atoms with Crippen LogP contribution in [-0.2, 0) is 5.41 Å². The van der Waals surface area contributed by atoms with Crippen LogP contribution >= 0.6 is 27.5 Å². The molecule has 2 aromatic rings. The molecular weight excluding hydrogens is 351 g/mol. The molecule has 0 spiro atoms. The summed E-state index contributed by atoms with van der Waals surface area (Å²) < 4.78 is 14.0. The molecule has 0 N–H and O–H groups in total. The third kappa shape index (κ3) is 3.49. The van der Waals surface area contributed by atoms with Crippen molar-refractivity contribution in [2.75, 3.05) is 0 Å². The Bertz CT molecular complexity index is 599. The molecule has 0 heterocycles. The SMILES string of the molecule is CCC(C)(C)c1ccc(C(Br)c2c(F)cccc2Cl)cc1. The summed E-state index contributed by atoms with van der Waals surface area (Å²) in [5.74, 6) is -0.290. The van der Waals surface area contributed by atoms with Crippen LogP contribution in [0.4, 0.5) is 4.39 Å². The Kier molecular flexibility index (Phi) is 5.11. The van der Waals surface area contributed by atoms with Crippen molar-refractivity contribution >= 4 is 27.5 Å². The van der Waals surface area contributed by atoms with Crippen LogP contribution in [-0.4, -0.2) is 0 Å². The van der Waals surface area contributed by atoms with E-state index in [4.69, 9.17) is 11.6 Å². The third-order valence-electron chi connectivity index (χ3n) is 4.12. The molecule has 2 rings (SSSR count). The first-order valence-corrected chi connectivity index (χ1v) is 8.34. The smallest absolute Gasteiger partial charge is 0.129 e. The second kappa shape index (κ2) is 6.50. The van der Waals surface area contributed by atoms with Gasteiger partial charge in [0.1, 0.15) is 5.82 Å². The molecule has 3 heteroatoms. The van der Waals surface area contributed by atoms with Crippen LogP contribution in [0.25, 0.3) is 0 Å². The first-order valence-electron chi connectivity index (χ1n) is 7.05. The molecule has 2 aromatic carbocycles. The molecule has 0 aliphatic heterocycles. The van der Waals surface area contributed by atoms with E-state index in [2.05, 4.69) is 48.8 Å². The predicted molar refractivity (Wildman–Crippen MR) is 91.9 cm³/mol. The van der Waals surface area contributed by atoms with Gasteiger partial charge in [0.25, 0.3) is 0 Å². The van der Waals surface area contributed by atoms with Crippen molar-refractivity contribution in [1.29, 1.82) is 0 Å². The molecule has 1 unspecified atom stereocenters. The summed E-state index contributed by atoms with van der Waals surface area (Å²) in [6, 6.07) is 13.1. The molecule has 0 aliphatic rings. The van der Waals surface area contributed by atoms with E-state index in [1.807, 2.05) is 12.1 Å². The van der Waals surface area contributed by atoms with Gasteiger partial charge >= 0.3 is 0 Å². The lowest BCUT2D eigenvalue weighted by molar-refractivity contribution is 0.506. The summed E-state index contributed by atoms with van der Waals surface area (Å²) in [6.45, 7) is 6.63. The molecule has 0 aliphatic carbocycles. The van der Waals surface area contributed by atoms with E-state index < -0.39 is 0 Å². The highest BCUT2D eigenvalue weighted by Gasteiger charge is 2.21.